The van der Waals surface area contributed by atoms with Gasteiger partial charge in [-0.05, 0) is 12.1 Å². The number of aromatic amines is 1. The third-order valence-electron chi connectivity index (χ3n) is 3.78. The molecule has 3 rings (SSSR count). The Morgan fingerprint density at radius 2 is 2.14 bits per heavy atom. The van der Waals surface area contributed by atoms with Crippen LogP contribution in [-0.2, 0) is 14.3 Å². The maximum Gasteiger partial charge on any atom is 0.330 e. The molecule has 0 bridgehead atoms. The first kappa shape index (κ1) is 14.8. The Bertz CT molecular complexity index is 657. The van der Waals surface area contributed by atoms with Gasteiger partial charge in [-0.1, -0.05) is 18.2 Å². The summed E-state index contributed by atoms with van der Waals surface area (Å²) in [6.45, 7) is 4.50. The van der Waals surface area contributed by atoms with Gasteiger partial charge in [0.15, 0.2) is 0 Å². The molecular weight excluding hydrogens is 280 g/mol. The van der Waals surface area contributed by atoms with E-state index in [0.717, 1.165) is 49.3 Å². The second kappa shape index (κ2) is 7.24. The first-order valence-electron chi connectivity index (χ1n) is 7.54. The van der Waals surface area contributed by atoms with Gasteiger partial charge in [0, 0.05) is 48.4 Å². The van der Waals surface area contributed by atoms with Gasteiger partial charge in [0.2, 0.25) is 0 Å². The van der Waals surface area contributed by atoms with Crippen LogP contribution in [0.3, 0.4) is 0 Å². The molecule has 1 saturated heterocycles. The molecule has 0 atom stereocenters. The van der Waals surface area contributed by atoms with Crippen LogP contribution >= 0.6 is 0 Å². The number of rotatable bonds is 5. The van der Waals surface area contributed by atoms with Crippen molar-refractivity contribution in [1.29, 1.82) is 0 Å². The number of hydrogen-bond donors (Lipinski definition) is 1. The van der Waals surface area contributed by atoms with Crippen molar-refractivity contribution in [2.45, 2.75) is 0 Å². The molecule has 0 aliphatic carbocycles. The smallest absolute Gasteiger partial charge is 0.330 e. The van der Waals surface area contributed by atoms with Crippen molar-refractivity contribution >= 4 is 22.9 Å². The Hall–Kier alpha value is -2.11. The summed E-state index contributed by atoms with van der Waals surface area (Å²) in [6, 6.07) is 7.99. The molecule has 1 fully saturated rings. The summed E-state index contributed by atoms with van der Waals surface area (Å²) in [5.41, 5.74) is 2.04. The molecule has 116 valence electrons. The molecule has 22 heavy (non-hydrogen) atoms. The molecule has 0 spiro atoms. The number of carbonyl (C=O) groups is 1. The van der Waals surface area contributed by atoms with Gasteiger partial charge in [-0.2, -0.15) is 0 Å². The van der Waals surface area contributed by atoms with E-state index in [2.05, 4.69) is 9.88 Å². The number of H-pyrrole nitrogens is 1. The van der Waals surface area contributed by atoms with Crippen molar-refractivity contribution in [3.05, 3.63) is 42.1 Å². The number of nitrogens with one attached hydrogen (secondary N) is 1. The van der Waals surface area contributed by atoms with Crippen molar-refractivity contribution < 1.29 is 14.3 Å². The number of aromatic nitrogens is 1. The van der Waals surface area contributed by atoms with Crippen molar-refractivity contribution in [1.82, 2.24) is 9.88 Å². The topological polar surface area (TPSA) is 54.6 Å². The van der Waals surface area contributed by atoms with Crippen molar-refractivity contribution in [3.63, 3.8) is 0 Å². The largest absolute Gasteiger partial charge is 0.461 e. The standard InChI is InChI=1S/C17H20N2O3/c20-17(22-12-9-19-7-10-21-11-8-19)6-5-14-13-18-16-4-2-1-3-15(14)16/h1-6,13,18H,7-12H2/b6-5+. The minimum atomic E-state index is -0.307. The van der Waals surface area contributed by atoms with E-state index in [9.17, 15) is 4.79 Å². The molecule has 0 saturated carbocycles. The highest BCUT2D eigenvalue weighted by atomic mass is 16.5. The number of nitrogens with zero attached hydrogens (tertiary/aromatic N) is 1. The summed E-state index contributed by atoms with van der Waals surface area (Å²) in [5.74, 6) is -0.307. The zero-order valence-corrected chi connectivity index (χ0v) is 12.5. The molecule has 5 nitrogen and oxygen atoms in total. The third kappa shape index (κ3) is 3.75. The highest BCUT2D eigenvalue weighted by molar-refractivity contribution is 5.93. The molecule has 5 heteroatoms. The number of esters is 1. The van der Waals surface area contributed by atoms with E-state index in [1.807, 2.05) is 30.5 Å². The van der Waals surface area contributed by atoms with E-state index in [-0.39, 0.29) is 5.97 Å². The molecule has 1 aromatic heterocycles. The lowest BCUT2D eigenvalue weighted by Gasteiger charge is -2.25. The maximum absolute atomic E-state index is 11.8. The summed E-state index contributed by atoms with van der Waals surface area (Å²) in [6.07, 6.45) is 5.16. The first-order chi connectivity index (χ1) is 10.8. The van der Waals surface area contributed by atoms with Crippen molar-refractivity contribution in [3.8, 4) is 0 Å². The maximum atomic E-state index is 11.8. The normalized spacial score (nSPS) is 16.4. The Balaban J connectivity index is 1.48. The molecule has 0 radical (unpaired) electrons. The highest BCUT2D eigenvalue weighted by Crippen LogP contribution is 2.18. The fourth-order valence-corrected chi connectivity index (χ4v) is 2.54. The molecule has 1 aliphatic heterocycles. The summed E-state index contributed by atoms with van der Waals surface area (Å²) in [7, 11) is 0. The van der Waals surface area contributed by atoms with Gasteiger partial charge >= 0.3 is 5.97 Å². The van der Waals surface area contributed by atoms with Crippen molar-refractivity contribution in [2.24, 2.45) is 0 Å². The lowest BCUT2D eigenvalue weighted by Crippen LogP contribution is -2.38. The average Bonchev–Trinajstić information content (AvgIpc) is 2.97. The van der Waals surface area contributed by atoms with E-state index in [1.165, 1.54) is 6.08 Å². The SMILES string of the molecule is O=C(/C=C/c1c[nH]c2ccccc12)OCCN1CCOCC1. The van der Waals surface area contributed by atoms with Crippen LogP contribution in [0.5, 0.6) is 0 Å². The summed E-state index contributed by atoms with van der Waals surface area (Å²) in [4.78, 5) is 17.2. The summed E-state index contributed by atoms with van der Waals surface area (Å²) >= 11 is 0. The number of hydrogen-bond acceptors (Lipinski definition) is 4. The fourth-order valence-electron chi connectivity index (χ4n) is 2.54. The molecule has 1 aliphatic rings. The quantitative estimate of drug-likeness (QED) is 0.678. The average molecular weight is 300 g/mol. The van der Waals surface area contributed by atoms with Crippen LogP contribution in [0.4, 0.5) is 0 Å². The molecule has 1 aromatic carbocycles. The minimum absolute atomic E-state index is 0.307. The Labute approximate surface area is 129 Å². The van der Waals surface area contributed by atoms with Gasteiger partial charge in [0.1, 0.15) is 6.61 Å². The van der Waals surface area contributed by atoms with Crippen molar-refractivity contribution in [2.75, 3.05) is 39.5 Å². The predicted molar refractivity (Wildman–Crippen MR) is 85.6 cm³/mol. The van der Waals surface area contributed by atoms with Crippen LogP contribution < -0.4 is 0 Å². The number of morpholine rings is 1. The fraction of sp³-hybridized carbons (Fsp3) is 0.353. The molecule has 2 aromatic rings. The Morgan fingerprint density at radius 3 is 3.00 bits per heavy atom. The first-order valence-corrected chi connectivity index (χ1v) is 7.54. The number of ether oxygens (including phenoxy) is 2. The minimum Gasteiger partial charge on any atom is -0.461 e. The third-order valence-corrected chi connectivity index (χ3v) is 3.78. The monoisotopic (exact) mass is 300 g/mol. The second-order valence-corrected chi connectivity index (χ2v) is 5.24. The van der Waals surface area contributed by atoms with E-state index in [0.29, 0.717) is 6.61 Å². The van der Waals surface area contributed by atoms with Gasteiger partial charge in [-0.3, -0.25) is 4.90 Å². The summed E-state index contributed by atoms with van der Waals surface area (Å²) < 4.78 is 10.5. The van der Waals surface area contributed by atoms with Crippen LogP contribution in [0, 0.1) is 0 Å². The van der Waals surface area contributed by atoms with E-state index in [4.69, 9.17) is 9.47 Å². The van der Waals surface area contributed by atoms with Crippen LogP contribution in [0.25, 0.3) is 17.0 Å². The number of para-hydroxylation sites is 1. The number of carbonyl (C=O) groups excluding carboxylic acids is 1. The van der Waals surface area contributed by atoms with Gasteiger partial charge in [0.25, 0.3) is 0 Å². The van der Waals surface area contributed by atoms with Gasteiger partial charge < -0.3 is 14.5 Å². The second-order valence-electron chi connectivity index (χ2n) is 5.24. The number of fused-ring (bicyclic) bond motifs is 1. The van der Waals surface area contributed by atoms with E-state index in [1.54, 1.807) is 6.08 Å². The van der Waals surface area contributed by atoms with Gasteiger partial charge in [-0.15, -0.1) is 0 Å². The lowest BCUT2D eigenvalue weighted by molar-refractivity contribution is -0.138. The van der Waals surface area contributed by atoms with Crippen LogP contribution in [0.15, 0.2) is 36.5 Å². The Morgan fingerprint density at radius 1 is 1.32 bits per heavy atom. The Kier molecular flexibility index (Phi) is 4.88. The molecular formula is C17H20N2O3. The lowest BCUT2D eigenvalue weighted by atomic mass is 10.1. The molecule has 0 unspecified atom stereocenters. The van der Waals surface area contributed by atoms with Crippen LogP contribution in [-0.4, -0.2) is 55.3 Å². The van der Waals surface area contributed by atoms with E-state index >= 15 is 0 Å². The molecule has 0 amide bonds. The molecule has 2 heterocycles. The zero-order chi connectivity index (χ0) is 15.2. The summed E-state index contributed by atoms with van der Waals surface area (Å²) in [5, 5.41) is 1.10. The molecule has 1 N–H and O–H groups in total. The zero-order valence-electron chi connectivity index (χ0n) is 12.5. The van der Waals surface area contributed by atoms with E-state index < -0.39 is 0 Å². The number of benzene rings is 1. The highest BCUT2D eigenvalue weighted by Gasteiger charge is 2.10. The van der Waals surface area contributed by atoms with Gasteiger partial charge in [0.05, 0.1) is 13.2 Å². The predicted octanol–water partition coefficient (Wildman–Crippen LogP) is 2.06. The van der Waals surface area contributed by atoms with Crippen LogP contribution in [0.1, 0.15) is 5.56 Å². The van der Waals surface area contributed by atoms with Gasteiger partial charge in [-0.25, -0.2) is 4.79 Å². The van der Waals surface area contributed by atoms with Crippen LogP contribution in [0.2, 0.25) is 0 Å².